The average molecular weight is 339 g/mol. The van der Waals surface area contributed by atoms with Crippen LogP contribution in [-0.2, 0) is 19.9 Å². The van der Waals surface area contributed by atoms with Crippen LogP contribution in [0.5, 0.6) is 0 Å². The van der Waals surface area contributed by atoms with Gasteiger partial charge in [-0.2, -0.15) is 0 Å². The van der Waals surface area contributed by atoms with E-state index in [1.165, 1.54) is 18.2 Å². The SMILES string of the molecule is Nc1cc(S(=O)(=O)NC2CCCS(=O)(=O)C2)ccc1Cl. The molecule has 112 valence electrons. The van der Waals surface area contributed by atoms with Crippen molar-refractivity contribution < 1.29 is 16.8 Å². The molecule has 20 heavy (non-hydrogen) atoms. The first-order chi connectivity index (χ1) is 9.20. The van der Waals surface area contributed by atoms with Gasteiger partial charge in [-0.25, -0.2) is 21.6 Å². The summed E-state index contributed by atoms with van der Waals surface area (Å²) in [4.78, 5) is -0.0256. The summed E-state index contributed by atoms with van der Waals surface area (Å²) in [6.07, 6.45) is 0.958. The molecule has 3 N–H and O–H groups in total. The second-order valence-electron chi connectivity index (χ2n) is 4.76. The molecule has 6 nitrogen and oxygen atoms in total. The maximum Gasteiger partial charge on any atom is 0.240 e. The summed E-state index contributed by atoms with van der Waals surface area (Å²) in [6, 6.07) is 3.37. The molecule has 0 amide bonds. The van der Waals surface area contributed by atoms with Crippen LogP contribution in [0.2, 0.25) is 5.02 Å². The highest BCUT2D eigenvalue weighted by Crippen LogP contribution is 2.23. The molecule has 0 radical (unpaired) electrons. The molecular weight excluding hydrogens is 324 g/mol. The smallest absolute Gasteiger partial charge is 0.240 e. The first-order valence-electron chi connectivity index (χ1n) is 5.97. The van der Waals surface area contributed by atoms with E-state index in [1.807, 2.05) is 0 Å². The van der Waals surface area contributed by atoms with E-state index in [4.69, 9.17) is 17.3 Å². The summed E-state index contributed by atoms with van der Waals surface area (Å²) >= 11 is 5.74. The fourth-order valence-electron chi connectivity index (χ4n) is 2.09. The molecular formula is C11H15ClN2O4S2. The van der Waals surface area contributed by atoms with Crippen LogP contribution in [0.3, 0.4) is 0 Å². The molecule has 1 heterocycles. The van der Waals surface area contributed by atoms with Crippen molar-refractivity contribution in [3.05, 3.63) is 23.2 Å². The van der Waals surface area contributed by atoms with Crippen LogP contribution < -0.4 is 10.5 Å². The molecule has 1 unspecified atom stereocenters. The minimum Gasteiger partial charge on any atom is -0.397 e. The highest BCUT2D eigenvalue weighted by atomic mass is 35.5. The van der Waals surface area contributed by atoms with Gasteiger partial charge < -0.3 is 5.73 Å². The average Bonchev–Trinajstić information content (AvgIpc) is 2.30. The van der Waals surface area contributed by atoms with E-state index >= 15 is 0 Å². The molecule has 1 aliphatic rings. The fraction of sp³-hybridized carbons (Fsp3) is 0.455. The van der Waals surface area contributed by atoms with Gasteiger partial charge in [0.2, 0.25) is 10.0 Å². The second kappa shape index (κ2) is 5.51. The van der Waals surface area contributed by atoms with Crippen molar-refractivity contribution in [2.75, 3.05) is 17.2 Å². The van der Waals surface area contributed by atoms with Gasteiger partial charge in [-0.1, -0.05) is 11.6 Å². The van der Waals surface area contributed by atoms with Gasteiger partial charge in [-0.3, -0.25) is 0 Å². The van der Waals surface area contributed by atoms with Crippen LogP contribution in [0.4, 0.5) is 5.69 Å². The van der Waals surface area contributed by atoms with E-state index in [2.05, 4.69) is 4.72 Å². The van der Waals surface area contributed by atoms with Crippen molar-refractivity contribution in [2.24, 2.45) is 0 Å². The van der Waals surface area contributed by atoms with Gasteiger partial charge in [-0.15, -0.1) is 0 Å². The second-order valence-corrected chi connectivity index (χ2v) is 9.11. The summed E-state index contributed by atoms with van der Waals surface area (Å²) in [7, 11) is -6.98. The number of hydrogen-bond donors (Lipinski definition) is 2. The minimum atomic E-state index is -3.80. The van der Waals surface area contributed by atoms with Crippen molar-refractivity contribution in [1.29, 1.82) is 0 Å². The van der Waals surface area contributed by atoms with E-state index in [0.717, 1.165) is 0 Å². The third-order valence-corrected chi connectivity index (χ3v) is 6.75. The third kappa shape index (κ3) is 3.63. The molecule has 0 saturated carbocycles. The van der Waals surface area contributed by atoms with E-state index in [9.17, 15) is 16.8 Å². The van der Waals surface area contributed by atoms with Gasteiger partial charge in [0.1, 0.15) is 0 Å². The zero-order valence-corrected chi connectivity index (χ0v) is 12.9. The molecule has 0 aliphatic carbocycles. The Morgan fingerprint density at radius 2 is 2.05 bits per heavy atom. The van der Waals surface area contributed by atoms with Crippen LogP contribution in [0.15, 0.2) is 23.1 Å². The number of nitrogens with two attached hydrogens (primary N) is 1. The van der Waals surface area contributed by atoms with Gasteiger partial charge in [0.15, 0.2) is 9.84 Å². The molecule has 1 aromatic carbocycles. The molecule has 0 aromatic heterocycles. The lowest BCUT2D eigenvalue weighted by molar-refractivity contribution is 0.517. The Morgan fingerprint density at radius 3 is 2.65 bits per heavy atom. The summed E-state index contributed by atoms with van der Waals surface area (Å²) in [5, 5.41) is 0.268. The Labute approximate surface area is 123 Å². The third-order valence-electron chi connectivity index (χ3n) is 3.06. The first kappa shape index (κ1) is 15.6. The number of rotatable bonds is 3. The molecule has 1 atom stereocenters. The molecule has 0 spiro atoms. The van der Waals surface area contributed by atoms with Crippen molar-refractivity contribution in [3.63, 3.8) is 0 Å². The fourth-order valence-corrected chi connectivity index (χ4v) is 5.26. The number of benzene rings is 1. The Balaban J connectivity index is 2.21. The Bertz CT molecular complexity index is 716. The number of sulfonamides is 1. The maximum atomic E-state index is 12.2. The lowest BCUT2D eigenvalue weighted by Gasteiger charge is -2.22. The zero-order valence-electron chi connectivity index (χ0n) is 10.5. The van der Waals surface area contributed by atoms with E-state index in [0.29, 0.717) is 12.8 Å². The minimum absolute atomic E-state index is 0.0256. The predicted molar refractivity (Wildman–Crippen MR) is 77.9 cm³/mol. The first-order valence-corrected chi connectivity index (χ1v) is 9.66. The Morgan fingerprint density at radius 1 is 1.35 bits per heavy atom. The van der Waals surface area contributed by atoms with Gasteiger partial charge in [-0.05, 0) is 31.0 Å². The van der Waals surface area contributed by atoms with Crippen LogP contribution in [0.25, 0.3) is 0 Å². The van der Waals surface area contributed by atoms with E-state index < -0.39 is 25.9 Å². The van der Waals surface area contributed by atoms with E-state index in [1.54, 1.807) is 0 Å². The molecule has 2 rings (SSSR count). The van der Waals surface area contributed by atoms with E-state index in [-0.39, 0.29) is 27.1 Å². The summed E-state index contributed by atoms with van der Waals surface area (Å²) in [5.41, 5.74) is 5.73. The van der Waals surface area contributed by atoms with Gasteiger partial charge in [0, 0.05) is 6.04 Å². The van der Waals surface area contributed by atoms with Gasteiger partial charge >= 0.3 is 0 Å². The zero-order chi connectivity index (χ0) is 15.0. The van der Waals surface area contributed by atoms with Crippen molar-refractivity contribution in [2.45, 2.75) is 23.8 Å². The highest BCUT2D eigenvalue weighted by Gasteiger charge is 2.28. The van der Waals surface area contributed by atoms with Crippen LogP contribution >= 0.6 is 11.6 Å². The molecule has 1 fully saturated rings. The number of anilines is 1. The lowest BCUT2D eigenvalue weighted by Crippen LogP contribution is -2.43. The molecule has 1 aromatic rings. The number of hydrogen-bond acceptors (Lipinski definition) is 5. The summed E-state index contributed by atoms with van der Waals surface area (Å²) < 4.78 is 49.8. The number of nitrogen functional groups attached to an aromatic ring is 1. The standard InChI is InChI=1S/C11H15ClN2O4S2/c12-10-4-3-9(6-11(10)13)20(17,18)14-8-2-1-5-19(15,16)7-8/h3-4,6,8,14H,1-2,5,7,13H2. The van der Waals surface area contributed by atoms with Crippen molar-refractivity contribution in [1.82, 2.24) is 4.72 Å². The van der Waals surface area contributed by atoms with Crippen molar-refractivity contribution >= 4 is 37.1 Å². The molecule has 1 saturated heterocycles. The normalized spacial score (nSPS) is 22.6. The quantitative estimate of drug-likeness (QED) is 0.792. The number of nitrogens with one attached hydrogen (secondary N) is 1. The van der Waals surface area contributed by atoms with Crippen LogP contribution in [0, 0.1) is 0 Å². The number of sulfone groups is 1. The van der Waals surface area contributed by atoms with Crippen molar-refractivity contribution in [3.8, 4) is 0 Å². The monoisotopic (exact) mass is 338 g/mol. The molecule has 0 bridgehead atoms. The lowest BCUT2D eigenvalue weighted by atomic mass is 10.2. The predicted octanol–water partition coefficient (Wildman–Crippen LogP) is 0.778. The van der Waals surface area contributed by atoms with Crippen LogP contribution in [0.1, 0.15) is 12.8 Å². The molecule has 9 heteroatoms. The largest absolute Gasteiger partial charge is 0.397 e. The number of halogens is 1. The maximum absolute atomic E-state index is 12.2. The molecule has 1 aliphatic heterocycles. The summed E-state index contributed by atoms with van der Waals surface area (Å²) in [5.74, 6) is -0.0611. The highest BCUT2D eigenvalue weighted by molar-refractivity contribution is 7.91. The Hall–Kier alpha value is -0.830. The van der Waals surface area contributed by atoms with Gasteiger partial charge in [0.25, 0.3) is 0 Å². The van der Waals surface area contributed by atoms with Gasteiger partial charge in [0.05, 0.1) is 27.1 Å². The topological polar surface area (TPSA) is 106 Å². The van der Waals surface area contributed by atoms with Crippen LogP contribution in [-0.4, -0.2) is 34.4 Å². The summed E-state index contributed by atoms with van der Waals surface area (Å²) in [6.45, 7) is 0. The Kier molecular flexibility index (Phi) is 4.29.